The van der Waals surface area contributed by atoms with Gasteiger partial charge in [-0.2, -0.15) is 0 Å². The fourth-order valence-corrected chi connectivity index (χ4v) is 7.59. The highest BCUT2D eigenvalue weighted by molar-refractivity contribution is 5.96. The molecule has 4 rings (SSSR count). The largest absolute Gasteiger partial charge is 0.462 e. The zero-order valence-corrected chi connectivity index (χ0v) is 17.6. The number of ether oxygens (including phenoxy) is 1. The maximum Gasteiger partial charge on any atom is 0.302 e. The van der Waals surface area contributed by atoms with Gasteiger partial charge in [-0.25, -0.2) is 0 Å². The van der Waals surface area contributed by atoms with Crippen LogP contribution in [-0.4, -0.2) is 17.9 Å². The van der Waals surface area contributed by atoms with Crippen molar-refractivity contribution in [3.8, 4) is 0 Å². The zero-order chi connectivity index (χ0) is 19.6. The van der Waals surface area contributed by atoms with E-state index in [9.17, 15) is 9.59 Å². The number of carbonyl (C=O) groups excluding carboxylic acids is 2. The molecule has 0 spiro atoms. The highest BCUT2D eigenvalue weighted by atomic mass is 16.5. The minimum Gasteiger partial charge on any atom is -0.462 e. The molecule has 0 bridgehead atoms. The number of esters is 1. The Labute approximate surface area is 163 Å². The number of rotatable bonds is 2. The third kappa shape index (κ3) is 2.76. The van der Waals surface area contributed by atoms with Gasteiger partial charge in [0, 0.05) is 13.3 Å². The summed E-state index contributed by atoms with van der Waals surface area (Å²) in [6.45, 7) is 10.3. The summed E-state index contributed by atoms with van der Waals surface area (Å²) in [5.41, 5.74) is 4.33. The van der Waals surface area contributed by atoms with Gasteiger partial charge in [-0.1, -0.05) is 31.1 Å². The Balaban J connectivity index is 1.62. The van der Waals surface area contributed by atoms with Crippen LogP contribution in [0, 0.1) is 28.6 Å². The first-order valence-corrected chi connectivity index (χ1v) is 10.7. The number of allylic oxidation sites excluding steroid dienone is 3. The monoisotopic (exact) mass is 370 g/mol. The van der Waals surface area contributed by atoms with Crippen molar-refractivity contribution in [1.82, 2.24) is 0 Å². The molecular formula is C24H34O3. The van der Waals surface area contributed by atoms with E-state index in [4.69, 9.17) is 4.74 Å². The van der Waals surface area contributed by atoms with Crippen LogP contribution in [0.3, 0.4) is 0 Å². The van der Waals surface area contributed by atoms with Gasteiger partial charge in [-0.15, -0.1) is 0 Å². The first-order chi connectivity index (χ1) is 12.7. The Morgan fingerprint density at radius 2 is 1.74 bits per heavy atom. The van der Waals surface area contributed by atoms with E-state index >= 15 is 0 Å². The van der Waals surface area contributed by atoms with Gasteiger partial charge in [-0.3, -0.25) is 9.59 Å². The van der Waals surface area contributed by atoms with E-state index in [0.29, 0.717) is 17.8 Å². The molecule has 0 aromatic heterocycles. The van der Waals surface area contributed by atoms with Crippen LogP contribution >= 0.6 is 0 Å². The number of Topliss-reactive ketones (excluding diaryl/α,β-unsaturated/α-hetero) is 1. The first kappa shape index (κ1) is 19.0. The van der Waals surface area contributed by atoms with Gasteiger partial charge in [0.25, 0.3) is 0 Å². The third-order valence-electron chi connectivity index (χ3n) is 8.66. The highest BCUT2D eigenvalue weighted by Gasteiger charge is 2.58. The maximum atomic E-state index is 12.4. The molecule has 6 atom stereocenters. The lowest BCUT2D eigenvalue weighted by atomic mass is 9.47. The molecule has 0 radical (unpaired) electrons. The van der Waals surface area contributed by atoms with Crippen molar-refractivity contribution < 1.29 is 14.3 Å². The molecule has 2 fully saturated rings. The van der Waals surface area contributed by atoms with Gasteiger partial charge >= 0.3 is 5.97 Å². The van der Waals surface area contributed by atoms with Crippen LogP contribution in [0.4, 0.5) is 0 Å². The van der Waals surface area contributed by atoms with Crippen molar-refractivity contribution in [2.24, 2.45) is 28.6 Å². The summed E-state index contributed by atoms with van der Waals surface area (Å²) < 4.78 is 5.54. The Hall–Kier alpha value is -1.38. The lowest BCUT2D eigenvalue weighted by Gasteiger charge is -2.57. The molecule has 0 saturated heterocycles. The van der Waals surface area contributed by atoms with E-state index in [-0.39, 0.29) is 28.7 Å². The predicted octanol–water partition coefficient (Wildman–Crippen LogP) is 5.40. The second-order valence-corrected chi connectivity index (χ2v) is 10.1. The normalized spacial score (nSPS) is 43.4. The Bertz CT molecular complexity index is 745. The minimum absolute atomic E-state index is 0.0620. The van der Waals surface area contributed by atoms with Crippen LogP contribution in [0.2, 0.25) is 0 Å². The molecule has 2 saturated carbocycles. The van der Waals surface area contributed by atoms with Gasteiger partial charge < -0.3 is 4.74 Å². The van der Waals surface area contributed by atoms with E-state index in [2.05, 4.69) is 26.8 Å². The Morgan fingerprint density at radius 1 is 1.04 bits per heavy atom. The second-order valence-electron chi connectivity index (χ2n) is 10.1. The van der Waals surface area contributed by atoms with Crippen molar-refractivity contribution in [2.45, 2.75) is 85.7 Å². The molecule has 27 heavy (non-hydrogen) atoms. The average Bonchev–Trinajstić information content (AvgIpc) is 2.85. The molecule has 0 unspecified atom stereocenters. The number of ketones is 1. The summed E-state index contributed by atoms with van der Waals surface area (Å²) in [5.74, 6) is 2.12. The minimum atomic E-state index is -0.157. The average molecular weight is 371 g/mol. The standard InChI is InChI=1S/C24H34O3/c1-14-12-21-19-7-6-17-13-18(27-16(3)26)8-10-23(17,4)20(19)9-11-24(21,5)22(14)15(2)25/h6,18-21H,7-13H2,1-5H3/t18-,19-,20+,21-,23+,24-/m1/s1. The van der Waals surface area contributed by atoms with Crippen LogP contribution in [0.5, 0.6) is 0 Å². The summed E-state index contributed by atoms with van der Waals surface area (Å²) in [4.78, 5) is 23.8. The van der Waals surface area contributed by atoms with Gasteiger partial charge in [0.15, 0.2) is 5.78 Å². The highest BCUT2D eigenvalue weighted by Crippen LogP contribution is 2.66. The van der Waals surface area contributed by atoms with Crippen molar-refractivity contribution in [3.63, 3.8) is 0 Å². The Morgan fingerprint density at radius 3 is 2.41 bits per heavy atom. The summed E-state index contributed by atoms with van der Waals surface area (Å²) in [7, 11) is 0. The molecule has 4 aliphatic rings. The molecular weight excluding hydrogens is 336 g/mol. The number of fused-ring (bicyclic) bond motifs is 5. The molecule has 0 heterocycles. The van der Waals surface area contributed by atoms with Crippen molar-refractivity contribution >= 4 is 11.8 Å². The van der Waals surface area contributed by atoms with E-state index in [1.807, 2.05) is 0 Å². The SMILES string of the molecule is CC(=O)O[C@@H]1CC[C@@]2(C)C(=CC[C@H]3[C@H]4CC(C)=C(C(C)=O)[C@]4(C)CC[C@@H]32)C1. The van der Waals surface area contributed by atoms with Crippen LogP contribution in [0.1, 0.15) is 79.6 Å². The van der Waals surface area contributed by atoms with Crippen LogP contribution < -0.4 is 0 Å². The summed E-state index contributed by atoms with van der Waals surface area (Å²) in [5, 5.41) is 0. The smallest absolute Gasteiger partial charge is 0.302 e. The molecule has 0 aromatic rings. The van der Waals surface area contributed by atoms with Crippen molar-refractivity contribution in [3.05, 3.63) is 22.8 Å². The lowest BCUT2D eigenvalue weighted by Crippen LogP contribution is -2.50. The van der Waals surface area contributed by atoms with E-state index in [0.717, 1.165) is 44.1 Å². The molecule has 0 aliphatic heterocycles. The van der Waals surface area contributed by atoms with Gasteiger partial charge in [-0.05, 0) is 86.5 Å². The number of hydrogen-bond donors (Lipinski definition) is 0. The van der Waals surface area contributed by atoms with E-state index in [1.165, 1.54) is 24.5 Å². The third-order valence-corrected chi connectivity index (χ3v) is 8.66. The molecule has 0 aromatic carbocycles. The zero-order valence-electron chi connectivity index (χ0n) is 17.6. The molecule has 0 N–H and O–H groups in total. The quantitative estimate of drug-likeness (QED) is 0.483. The molecule has 3 nitrogen and oxygen atoms in total. The second kappa shape index (κ2) is 6.32. The maximum absolute atomic E-state index is 12.4. The summed E-state index contributed by atoms with van der Waals surface area (Å²) in [6, 6.07) is 0. The van der Waals surface area contributed by atoms with Crippen LogP contribution in [0.15, 0.2) is 22.8 Å². The topological polar surface area (TPSA) is 43.4 Å². The fourth-order valence-electron chi connectivity index (χ4n) is 7.59. The van der Waals surface area contributed by atoms with E-state index in [1.54, 1.807) is 6.92 Å². The predicted molar refractivity (Wildman–Crippen MR) is 106 cm³/mol. The van der Waals surface area contributed by atoms with Crippen molar-refractivity contribution in [2.75, 3.05) is 0 Å². The number of carbonyl (C=O) groups is 2. The van der Waals surface area contributed by atoms with Gasteiger partial charge in [0.1, 0.15) is 6.10 Å². The van der Waals surface area contributed by atoms with Crippen molar-refractivity contribution in [1.29, 1.82) is 0 Å². The first-order valence-electron chi connectivity index (χ1n) is 10.7. The molecule has 3 heteroatoms. The fraction of sp³-hybridized carbons (Fsp3) is 0.750. The Kier molecular flexibility index (Phi) is 4.44. The molecule has 4 aliphatic carbocycles. The van der Waals surface area contributed by atoms with Crippen LogP contribution in [-0.2, 0) is 14.3 Å². The van der Waals surface area contributed by atoms with Gasteiger partial charge in [0.2, 0.25) is 0 Å². The molecule has 148 valence electrons. The van der Waals surface area contributed by atoms with E-state index < -0.39 is 0 Å². The lowest BCUT2D eigenvalue weighted by molar-refractivity contribution is -0.148. The number of hydrogen-bond acceptors (Lipinski definition) is 3. The van der Waals surface area contributed by atoms with Crippen LogP contribution in [0.25, 0.3) is 0 Å². The molecule has 0 amide bonds. The summed E-state index contributed by atoms with van der Waals surface area (Å²) in [6.07, 6.45) is 10.1. The van der Waals surface area contributed by atoms with Gasteiger partial charge in [0.05, 0.1) is 0 Å². The summed E-state index contributed by atoms with van der Waals surface area (Å²) >= 11 is 0.